The molecule has 6 nitrogen and oxygen atoms in total. The lowest BCUT2D eigenvalue weighted by atomic mass is 10.1. The lowest BCUT2D eigenvalue weighted by Gasteiger charge is -2.14. The second kappa shape index (κ2) is 10.6. The fourth-order valence-electron chi connectivity index (χ4n) is 2.89. The highest BCUT2D eigenvalue weighted by Crippen LogP contribution is 2.17. The van der Waals surface area contributed by atoms with Gasteiger partial charge in [-0.3, -0.25) is 4.99 Å². The van der Waals surface area contributed by atoms with Gasteiger partial charge in [0.25, 0.3) is 0 Å². The Kier molecular flexibility index (Phi) is 8.43. The first-order chi connectivity index (χ1) is 13.1. The molecule has 0 spiro atoms. The first kappa shape index (κ1) is 22.4. The van der Waals surface area contributed by atoms with Crippen molar-refractivity contribution in [2.24, 2.45) is 4.99 Å². The molecule has 0 saturated carbocycles. The van der Waals surface area contributed by atoms with Gasteiger partial charge in [0.15, 0.2) is 5.96 Å². The van der Waals surface area contributed by atoms with E-state index in [1.807, 2.05) is 29.9 Å². The van der Waals surface area contributed by atoms with Crippen LogP contribution in [0.15, 0.2) is 41.5 Å². The summed E-state index contributed by atoms with van der Waals surface area (Å²) in [4.78, 5) is 10.1. The van der Waals surface area contributed by atoms with Gasteiger partial charge in [-0.2, -0.15) is 5.10 Å². The number of aromatic nitrogens is 3. The first-order valence-electron chi connectivity index (χ1n) is 9.10. The van der Waals surface area contributed by atoms with E-state index in [2.05, 4.69) is 57.8 Å². The van der Waals surface area contributed by atoms with Crippen molar-refractivity contribution in [3.8, 4) is 5.69 Å². The summed E-state index contributed by atoms with van der Waals surface area (Å²) in [6.07, 6.45) is 2.97. The maximum atomic E-state index is 4.61. The van der Waals surface area contributed by atoms with Crippen molar-refractivity contribution in [2.45, 2.75) is 40.3 Å². The molecule has 0 radical (unpaired) electrons. The molecule has 0 aliphatic heterocycles. The molecule has 0 bridgehead atoms. The van der Waals surface area contributed by atoms with Crippen LogP contribution < -0.4 is 10.6 Å². The van der Waals surface area contributed by atoms with Crippen LogP contribution in [-0.2, 0) is 19.5 Å². The van der Waals surface area contributed by atoms with Crippen molar-refractivity contribution in [1.29, 1.82) is 0 Å². The zero-order valence-electron chi connectivity index (χ0n) is 16.7. The summed E-state index contributed by atoms with van der Waals surface area (Å²) in [5.41, 5.74) is 4.38. The van der Waals surface area contributed by atoms with Crippen LogP contribution in [0.5, 0.6) is 0 Å². The van der Waals surface area contributed by atoms with E-state index in [9.17, 15) is 0 Å². The van der Waals surface area contributed by atoms with Crippen molar-refractivity contribution in [2.75, 3.05) is 7.05 Å². The highest BCUT2D eigenvalue weighted by Gasteiger charge is 2.09. The van der Waals surface area contributed by atoms with E-state index in [0.29, 0.717) is 13.1 Å². The Balaban J connectivity index is 0.00000280. The minimum Gasteiger partial charge on any atom is -0.352 e. The minimum atomic E-state index is 0. The Morgan fingerprint density at radius 1 is 1.18 bits per heavy atom. The summed E-state index contributed by atoms with van der Waals surface area (Å²) in [5, 5.41) is 12.4. The van der Waals surface area contributed by atoms with Gasteiger partial charge in [-0.25, -0.2) is 9.67 Å². The van der Waals surface area contributed by atoms with Gasteiger partial charge >= 0.3 is 0 Å². The Morgan fingerprint density at radius 3 is 2.57 bits per heavy atom. The molecule has 28 heavy (non-hydrogen) atoms. The van der Waals surface area contributed by atoms with Gasteiger partial charge in [0.2, 0.25) is 0 Å². The van der Waals surface area contributed by atoms with Gasteiger partial charge in [-0.15, -0.1) is 35.3 Å². The van der Waals surface area contributed by atoms with Gasteiger partial charge in [-0.1, -0.05) is 25.1 Å². The van der Waals surface area contributed by atoms with E-state index in [0.717, 1.165) is 40.0 Å². The van der Waals surface area contributed by atoms with Crippen molar-refractivity contribution in [3.05, 3.63) is 63.4 Å². The van der Waals surface area contributed by atoms with Crippen LogP contribution in [0, 0.1) is 13.8 Å². The molecule has 8 heteroatoms. The summed E-state index contributed by atoms with van der Waals surface area (Å²) in [6.45, 7) is 7.56. The molecule has 3 rings (SSSR count). The van der Waals surface area contributed by atoms with E-state index in [-0.39, 0.29) is 24.0 Å². The topological polar surface area (TPSA) is 67.1 Å². The number of thiazole rings is 1. The average molecular weight is 510 g/mol. The summed E-state index contributed by atoms with van der Waals surface area (Å²) in [6, 6.07) is 10.4. The van der Waals surface area contributed by atoms with Crippen LogP contribution in [0.2, 0.25) is 0 Å². The standard InChI is InChI=1S/C20H26N6S.HI/c1-5-17-12-22-19(27-17)13-24-20(21-4)23-11-16-8-6-7-9-18(16)26-15(3)10-14(2)25-26;/h6-10,12H,5,11,13H2,1-4H3,(H2,21,23,24);1H. The van der Waals surface area contributed by atoms with Gasteiger partial charge < -0.3 is 10.6 Å². The monoisotopic (exact) mass is 510 g/mol. The van der Waals surface area contributed by atoms with Crippen LogP contribution in [0.25, 0.3) is 5.69 Å². The third-order valence-corrected chi connectivity index (χ3v) is 5.40. The molecule has 3 aromatic rings. The average Bonchev–Trinajstić information content (AvgIpc) is 3.27. The molecule has 2 N–H and O–H groups in total. The van der Waals surface area contributed by atoms with E-state index in [1.165, 1.54) is 4.88 Å². The van der Waals surface area contributed by atoms with Gasteiger partial charge in [0.05, 0.1) is 17.9 Å². The summed E-state index contributed by atoms with van der Waals surface area (Å²) < 4.78 is 1.99. The molecule has 0 fully saturated rings. The summed E-state index contributed by atoms with van der Waals surface area (Å²) in [7, 11) is 1.78. The molecule has 0 atom stereocenters. The number of aryl methyl sites for hydroxylation is 3. The second-order valence-electron chi connectivity index (χ2n) is 6.32. The normalized spacial score (nSPS) is 11.2. The van der Waals surface area contributed by atoms with Gasteiger partial charge in [0.1, 0.15) is 5.01 Å². The summed E-state index contributed by atoms with van der Waals surface area (Å²) in [5.74, 6) is 0.756. The Morgan fingerprint density at radius 2 is 1.93 bits per heavy atom. The van der Waals surface area contributed by atoms with Crippen molar-refractivity contribution in [1.82, 2.24) is 25.4 Å². The van der Waals surface area contributed by atoms with E-state index >= 15 is 0 Å². The lowest BCUT2D eigenvalue weighted by Crippen LogP contribution is -2.36. The van der Waals surface area contributed by atoms with E-state index in [4.69, 9.17) is 0 Å². The highest BCUT2D eigenvalue weighted by molar-refractivity contribution is 14.0. The highest BCUT2D eigenvalue weighted by atomic mass is 127. The van der Waals surface area contributed by atoms with E-state index < -0.39 is 0 Å². The zero-order chi connectivity index (χ0) is 19.2. The lowest BCUT2D eigenvalue weighted by molar-refractivity contribution is 0.779. The quantitative estimate of drug-likeness (QED) is 0.299. The molecular formula is C20H27IN6S. The molecule has 0 unspecified atom stereocenters. The fourth-order valence-corrected chi connectivity index (χ4v) is 3.69. The maximum Gasteiger partial charge on any atom is 0.191 e. The molecule has 0 saturated heterocycles. The number of guanidine groups is 1. The first-order valence-corrected chi connectivity index (χ1v) is 9.92. The number of aliphatic imine (C=N–C) groups is 1. The Labute approximate surface area is 187 Å². The van der Waals surface area contributed by atoms with Crippen molar-refractivity contribution >= 4 is 41.3 Å². The Bertz CT molecular complexity index is 930. The zero-order valence-corrected chi connectivity index (χ0v) is 19.8. The fraction of sp³-hybridized carbons (Fsp3) is 0.350. The third-order valence-electron chi connectivity index (χ3n) is 4.26. The van der Waals surface area contributed by atoms with Crippen LogP contribution in [0.3, 0.4) is 0 Å². The van der Waals surface area contributed by atoms with Gasteiger partial charge in [0, 0.05) is 30.4 Å². The molecule has 0 aliphatic carbocycles. The van der Waals surface area contributed by atoms with Crippen LogP contribution in [0.4, 0.5) is 0 Å². The molecule has 150 valence electrons. The van der Waals surface area contributed by atoms with Crippen LogP contribution in [0.1, 0.15) is 33.8 Å². The molecule has 0 aliphatic rings. The molecule has 2 heterocycles. The smallest absolute Gasteiger partial charge is 0.191 e. The van der Waals surface area contributed by atoms with E-state index in [1.54, 1.807) is 18.4 Å². The number of nitrogens with zero attached hydrogens (tertiary/aromatic N) is 4. The second-order valence-corrected chi connectivity index (χ2v) is 7.52. The molecule has 0 amide bonds. The third kappa shape index (κ3) is 5.54. The molecular weight excluding hydrogens is 483 g/mol. The minimum absolute atomic E-state index is 0. The SMILES string of the molecule is CCc1cnc(CNC(=NC)NCc2ccccc2-n2nc(C)cc2C)s1.I. The number of hydrogen-bond donors (Lipinski definition) is 2. The number of benzene rings is 1. The summed E-state index contributed by atoms with van der Waals surface area (Å²) >= 11 is 1.74. The molecule has 1 aromatic carbocycles. The van der Waals surface area contributed by atoms with Crippen molar-refractivity contribution in [3.63, 3.8) is 0 Å². The van der Waals surface area contributed by atoms with Crippen LogP contribution in [-0.4, -0.2) is 27.8 Å². The predicted octanol–water partition coefficient (Wildman–Crippen LogP) is 3.99. The van der Waals surface area contributed by atoms with Gasteiger partial charge in [-0.05, 0) is 38.0 Å². The Hall–Kier alpha value is -1.94. The van der Waals surface area contributed by atoms with Crippen molar-refractivity contribution < 1.29 is 0 Å². The molecule has 2 aromatic heterocycles. The number of hydrogen-bond acceptors (Lipinski definition) is 4. The van der Waals surface area contributed by atoms with Crippen LogP contribution >= 0.6 is 35.3 Å². The number of nitrogens with one attached hydrogen (secondary N) is 2. The number of para-hydroxylation sites is 1. The largest absolute Gasteiger partial charge is 0.352 e. The number of halogens is 1. The number of rotatable bonds is 6. The predicted molar refractivity (Wildman–Crippen MR) is 127 cm³/mol. The maximum absolute atomic E-state index is 4.61.